The van der Waals surface area contributed by atoms with Crippen LogP contribution in [0.3, 0.4) is 0 Å². The molecule has 0 atom stereocenters. The number of hydrogen-bond acceptors (Lipinski definition) is 3. The number of para-hydroxylation sites is 1. The molecular weight excluding hydrogens is 226 g/mol. The van der Waals surface area contributed by atoms with E-state index in [9.17, 15) is 13.6 Å². The zero-order valence-corrected chi connectivity index (χ0v) is 8.65. The van der Waals surface area contributed by atoms with Gasteiger partial charge in [0.15, 0.2) is 11.6 Å². The average Bonchev–Trinajstić information content (AvgIpc) is 2.32. The lowest BCUT2D eigenvalue weighted by molar-refractivity contribution is 0.103. The summed E-state index contributed by atoms with van der Waals surface area (Å²) in [4.78, 5) is 15.5. The number of nitrogens with zero attached hydrogens (tertiary/aromatic N) is 1. The first-order chi connectivity index (χ1) is 8.11. The number of carbonyl (C=O) groups is 1. The molecule has 2 N–H and O–H groups in total. The number of nitrogens with two attached hydrogens (primary N) is 1. The van der Waals surface area contributed by atoms with Gasteiger partial charge in [0.1, 0.15) is 5.82 Å². The van der Waals surface area contributed by atoms with Gasteiger partial charge < -0.3 is 5.73 Å². The summed E-state index contributed by atoms with van der Waals surface area (Å²) in [6.45, 7) is 0. The highest BCUT2D eigenvalue weighted by molar-refractivity contribution is 6.12. The van der Waals surface area contributed by atoms with Crippen LogP contribution in [0.15, 0.2) is 36.7 Å². The van der Waals surface area contributed by atoms with Gasteiger partial charge in [-0.25, -0.2) is 8.78 Å². The highest BCUT2D eigenvalue weighted by atomic mass is 19.1. The van der Waals surface area contributed by atoms with E-state index >= 15 is 0 Å². The Morgan fingerprint density at radius 1 is 1.12 bits per heavy atom. The molecule has 0 amide bonds. The van der Waals surface area contributed by atoms with Gasteiger partial charge in [0.05, 0.1) is 17.4 Å². The maximum atomic E-state index is 13.3. The van der Waals surface area contributed by atoms with Crippen LogP contribution >= 0.6 is 0 Å². The fourth-order valence-corrected chi connectivity index (χ4v) is 1.44. The minimum Gasteiger partial charge on any atom is -0.396 e. The van der Waals surface area contributed by atoms with E-state index in [1.54, 1.807) is 0 Å². The van der Waals surface area contributed by atoms with E-state index in [2.05, 4.69) is 4.98 Å². The largest absolute Gasteiger partial charge is 0.396 e. The van der Waals surface area contributed by atoms with Crippen LogP contribution in [0.4, 0.5) is 14.5 Å². The highest BCUT2D eigenvalue weighted by Crippen LogP contribution is 2.20. The summed E-state index contributed by atoms with van der Waals surface area (Å²) in [5.74, 6) is -2.13. The predicted octanol–water partition coefficient (Wildman–Crippen LogP) is 2.17. The molecule has 2 aromatic rings. The van der Waals surface area contributed by atoms with Crippen molar-refractivity contribution >= 4 is 11.5 Å². The first kappa shape index (κ1) is 11.2. The molecule has 86 valence electrons. The van der Waals surface area contributed by atoms with Gasteiger partial charge in [0.25, 0.3) is 0 Å². The van der Waals surface area contributed by atoms with Crippen molar-refractivity contribution < 1.29 is 13.6 Å². The molecule has 0 bridgehead atoms. The van der Waals surface area contributed by atoms with Gasteiger partial charge >= 0.3 is 0 Å². The van der Waals surface area contributed by atoms with Crippen molar-refractivity contribution in [3.8, 4) is 0 Å². The number of anilines is 1. The van der Waals surface area contributed by atoms with Gasteiger partial charge in [-0.05, 0) is 18.2 Å². The molecule has 0 spiro atoms. The molecule has 1 aromatic heterocycles. The molecule has 0 aliphatic rings. The molecule has 0 aliphatic carbocycles. The summed E-state index contributed by atoms with van der Waals surface area (Å²) in [6, 6.07) is 5.05. The topological polar surface area (TPSA) is 56.0 Å². The van der Waals surface area contributed by atoms with Crippen molar-refractivity contribution in [3.63, 3.8) is 0 Å². The molecule has 0 radical (unpaired) electrons. The molecule has 3 nitrogen and oxygen atoms in total. The Hall–Kier alpha value is -2.30. The van der Waals surface area contributed by atoms with Gasteiger partial charge in [-0.1, -0.05) is 6.07 Å². The fraction of sp³-hybridized carbons (Fsp3) is 0. The second-order valence-corrected chi connectivity index (χ2v) is 3.39. The van der Waals surface area contributed by atoms with Crippen molar-refractivity contribution in [1.82, 2.24) is 4.98 Å². The van der Waals surface area contributed by atoms with E-state index in [4.69, 9.17) is 5.73 Å². The molecule has 1 heterocycles. The Balaban J connectivity index is 2.52. The Morgan fingerprint density at radius 2 is 1.88 bits per heavy atom. The van der Waals surface area contributed by atoms with E-state index in [-0.39, 0.29) is 16.8 Å². The minimum atomic E-state index is -0.763. The number of hydrogen-bond donors (Lipinski definition) is 1. The number of aromatic nitrogens is 1. The molecule has 0 saturated carbocycles. The molecule has 0 saturated heterocycles. The third-order valence-corrected chi connectivity index (χ3v) is 2.31. The third-order valence-electron chi connectivity index (χ3n) is 2.31. The van der Waals surface area contributed by atoms with Crippen LogP contribution in [0.25, 0.3) is 0 Å². The summed E-state index contributed by atoms with van der Waals surface area (Å²) >= 11 is 0. The van der Waals surface area contributed by atoms with Crippen LogP contribution in [0.5, 0.6) is 0 Å². The zero-order chi connectivity index (χ0) is 12.4. The van der Waals surface area contributed by atoms with E-state index in [0.717, 1.165) is 12.3 Å². The lowest BCUT2D eigenvalue weighted by Crippen LogP contribution is -2.09. The van der Waals surface area contributed by atoms with E-state index in [1.807, 2.05) is 0 Å². The van der Waals surface area contributed by atoms with Crippen LogP contribution in [-0.4, -0.2) is 10.8 Å². The lowest BCUT2D eigenvalue weighted by atomic mass is 10.0. The van der Waals surface area contributed by atoms with Crippen LogP contribution in [-0.2, 0) is 0 Å². The van der Waals surface area contributed by atoms with E-state index in [0.29, 0.717) is 0 Å². The maximum Gasteiger partial charge on any atom is 0.198 e. The molecule has 17 heavy (non-hydrogen) atoms. The first-order valence-corrected chi connectivity index (χ1v) is 4.79. The van der Waals surface area contributed by atoms with Crippen LogP contribution < -0.4 is 5.73 Å². The van der Waals surface area contributed by atoms with Gasteiger partial charge in [-0.15, -0.1) is 0 Å². The summed E-state index contributed by atoms with van der Waals surface area (Å²) in [5, 5.41) is 0. The van der Waals surface area contributed by atoms with Crippen molar-refractivity contribution in [2.45, 2.75) is 0 Å². The fourth-order valence-electron chi connectivity index (χ4n) is 1.44. The van der Waals surface area contributed by atoms with Gasteiger partial charge in [-0.2, -0.15) is 0 Å². The second-order valence-electron chi connectivity index (χ2n) is 3.39. The van der Waals surface area contributed by atoms with Crippen molar-refractivity contribution in [2.24, 2.45) is 0 Å². The average molecular weight is 234 g/mol. The first-order valence-electron chi connectivity index (χ1n) is 4.79. The zero-order valence-electron chi connectivity index (χ0n) is 8.65. The molecule has 2 rings (SSSR count). The SMILES string of the molecule is Nc1c(F)cccc1C(=O)c1ccncc1F. The predicted molar refractivity (Wildman–Crippen MR) is 58.4 cm³/mol. The number of rotatable bonds is 2. The number of benzene rings is 1. The monoisotopic (exact) mass is 234 g/mol. The number of pyridine rings is 1. The van der Waals surface area contributed by atoms with Crippen LogP contribution in [0.1, 0.15) is 15.9 Å². The van der Waals surface area contributed by atoms with E-state index < -0.39 is 17.4 Å². The third kappa shape index (κ3) is 1.99. The number of halogens is 2. The molecule has 0 fully saturated rings. The maximum absolute atomic E-state index is 13.3. The molecular formula is C12H8F2N2O. The van der Waals surface area contributed by atoms with E-state index in [1.165, 1.54) is 24.4 Å². The lowest BCUT2D eigenvalue weighted by Gasteiger charge is -2.05. The van der Waals surface area contributed by atoms with Crippen molar-refractivity contribution in [3.05, 3.63) is 59.4 Å². The minimum absolute atomic E-state index is 0.0601. The summed E-state index contributed by atoms with van der Waals surface area (Å²) < 4.78 is 26.5. The summed E-state index contributed by atoms with van der Waals surface area (Å²) in [5.41, 5.74) is 4.91. The van der Waals surface area contributed by atoms with Crippen LogP contribution in [0, 0.1) is 11.6 Å². The second kappa shape index (κ2) is 4.29. The van der Waals surface area contributed by atoms with Gasteiger partial charge in [-0.3, -0.25) is 9.78 Å². The van der Waals surface area contributed by atoms with Crippen molar-refractivity contribution in [1.29, 1.82) is 0 Å². The number of ketones is 1. The molecule has 0 unspecified atom stereocenters. The number of nitrogen functional groups attached to an aromatic ring is 1. The smallest absolute Gasteiger partial charge is 0.198 e. The summed E-state index contributed by atoms with van der Waals surface area (Å²) in [7, 11) is 0. The van der Waals surface area contributed by atoms with Crippen molar-refractivity contribution in [2.75, 3.05) is 5.73 Å². The molecule has 5 heteroatoms. The van der Waals surface area contributed by atoms with Gasteiger partial charge in [0, 0.05) is 11.8 Å². The number of carbonyl (C=O) groups excluding carboxylic acids is 1. The standard InChI is InChI=1S/C12H8F2N2O/c13-9-3-1-2-8(11(9)15)12(17)7-4-5-16-6-10(7)14/h1-6H,15H2. The quantitative estimate of drug-likeness (QED) is 0.640. The van der Waals surface area contributed by atoms with Gasteiger partial charge in [0.2, 0.25) is 0 Å². The Bertz CT molecular complexity index is 584. The Kier molecular flexibility index (Phi) is 2.82. The normalized spacial score (nSPS) is 10.2. The molecule has 1 aromatic carbocycles. The van der Waals surface area contributed by atoms with Crippen LogP contribution in [0.2, 0.25) is 0 Å². The highest BCUT2D eigenvalue weighted by Gasteiger charge is 2.17. The Labute approximate surface area is 95.9 Å². The summed E-state index contributed by atoms with van der Waals surface area (Å²) in [6.07, 6.45) is 2.20. The Morgan fingerprint density at radius 3 is 2.59 bits per heavy atom. The molecule has 0 aliphatic heterocycles.